The van der Waals surface area contributed by atoms with Crippen LogP contribution in [0.25, 0.3) is 0 Å². The number of aromatic carboxylic acids is 1. The fraction of sp³-hybridized carbons (Fsp3) is 0. The van der Waals surface area contributed by atoms with Gasteiger partial charge in [0.05, 0.1) is 5.56 Å². The van der Waals surface area contributed by atoms with Crippen LogP contribution in [0.2, 0.25) is 0 Å². The Bertz CT molecular complexity index is 350. The molecule has 0 fully saturated rings. The maximum absolute atomic E-state index is 10.8. The van der Waals surface area contributed by atoms with Gasteiger partial charge in [0.2, 0.25) is 0 Å². The van der Waals surface area contributed by atoms with Crippen molar-refractivity contribution in [2.24, 2.45) is 0 Å². The fourth-order valence-corrected chi connectivity index (χ4v) is 0.911. The molecule has 14 heavy (non-hydrogen) atoms. The Balaban J connectivity index is 2.73. The number of rotatable bonds is 2. The summed E-state index contributed by atoms with van der Waals surface area (Å²) in [5.74, 6) is -1.00. The maximum atomic E-state index is 10.8. The molecule has 0 aliphatic heterocycles. The van der Waals surface area contributed by atoms with Crippen molar-refractivity contribution in [1.82, 2.24) is 4.72 Å². The second-order valence-corrected chi connectivity index (χ2v) is 2.67. The van der Waals surface area contributed by atoms with Crippen LogP contribution in [0, 0.1) is 0 Å². The predicted octanol–water partition coefficient (Wildman–Crippen LogP) is 1.35. The first-order chi connectivity index (χ1) is 6.63. The molecule has 0 saturated carbocycles. The van der Waals surface area contributed by atoms with Crippen molar-refractivity contribution in [1.29, 1.82) is 0 Å². The second kappa shape index (κ2) is 4.52. The number of carboxylic acid groups (broad SMARTS) is 1. The molecule has 0 aliphatic carbocycles. The molecule has 0 aliphatic rings. The monoisotopic (exact) mass is 212 g/mol. The van der Waals surface area contributed by atoms with E-state index in [4.69, 9.17) is 5.11 Å². The minimum atomic E-state index is -1.00. The summed E-state index contributed by atoms with van der Waals surface area (Å²) in [5, 5.41) is 11.0. The lowest BCUT2D eigenvalue weighted by atomic mass is 10.2. The maximum Gasteiger partial charge on any atom is 0.335 e. The van der Waals surface area contributed by atoms with E-state index in [0.717, 1.165) is 0 Å². The lowest BCUT2D eigenvalue weighted by Gasteiger charge is -2.03. The van der Waals surface area contributed by atoms with Crippen LogP contribution in [0.3, 0.4) is 0 Å². The van der Waals surface area contributed by atoms with Gasteiger partial charge in [-0.15, -0.1) is 0 Å². The number of amides is 2. The zero-order valence-electron chi connectivity index (χ0n) is 7.02. The number of carbonyl (C=O) groups is 2. The second-order valence-electron chi connectivity index (χ2n) is 2.45. The summed E-state index contributed by atoms with van der Waals surface area (Å²) in [6.45, 7) is 0. The summed E-state index contributed by atoms with van der Waals surface area (Å²) in [6.07, 6.45) is 0. The van der Waals surface area contributed by atoms with Gasteiger partial charge in [0.1, 0.15) is 0 Å². The molecule has 5 nitrogen and oxygen atoms in total. The van der Waals surface area contributed by atoms with E-state index in [0.29, 0.717) is 5.69 Å². The molecular weight excluding hydrogens is 204 g/mol. The van der Waals surface area contributed by atoms with Gasteiger partial charge in [0.25, 0.3) is 0 Å². The Morgan fingerprint density at radius 3 is 2.21 bits per heavy atom. The van der Waals surface area contributed by atoms with Crippen molar-refractivity contribution in [2.75, 3.05) is 5.32 Å². The van der Waals surface area contributed by atoms with E-state index in [9.17, 15) is 9.59 Å². The van der Waals surface area contributed by atoms with E-state index in [1.54, 1.807) is 0 Å². The highest BCUT2D eigenvalue weighted by Crippen LogP contribution is 2.09. The minimum Gasteiger partial charge on any atom is -0.478 e. The van der Waals surface area contributed by atoms with E-state index in [1.807, 2.05) is 0 Å². The van der Waals surface area contributed by atoms with Gasteiger partial charge in [0, 0.05) is 5.69 Å². The molecule has 2 amide bonds. The standard InChI is InChI=1S/C8H8N2O3S/c11-7(12)5-1-3-6(4-2-5)9-8(13)10-14/h1-4,14H,(H,11,12)(H2,9,10,13). The Labute approximate surface area is 85.7 Å². The molecule has 1 aromatic carbocycles. The summed E-state index contributed by atoms with van der Waals surface area (Å²) in [7, 11) is 0. The van der Waals surface area contributed by atoms with Crippen LogP contribution < -0.4 is 10.0 Å². The Kier molecular flexibility index (Phi) is 3.35. The van der Waals surface area contributed by atoms with Gasteiger partial charge in [-0.05, 0) is 24.3 Å². The molecule has 0 unspecified atom stereocenters. The average molecular weight is 212 g/mol. The number of anilines is 1. The number of nitrogens with one attached hydrogen (secondary N) is 2. The smallest absolute Gasteiger partial charge is 0.335 e. The summed E-state index contributed by atoms with van der Waals surface area (Å²) in [6, 6.07) is 5.31. The highest BCUT2D eigenvalue weighted by Gasteiger charge is 2.02. The van der Waals surface area contributed by atoms with Gasteiger partial charge in [-0.25, -0.2) is 9.59 Å². The molecule has 1 rings (SSSR count). The van der Waals surface area contributed by atoms with Gasteiger partial charge in [0.15, 0.2) is 0 Å². The van der Waals surface area contributed by atoms with Crippen molar-refractivity contribution in [2.45, 2.75) is 0 Å². The molecule has 6 heteroatoms. The van der Waals surface area contributed by atoms with Crippen LogP contribution in [0.1, 0.15) is 10.4 Å². The predicted molar refractivity (Wildman–Crippen MR) is 54.5 cm³/mol. The third-order valence-corrected chi connectivity index (χ3v) is 1.69. The van der Waals surface area contributed by atoms with Gasteiger partial charge in [-0.1, -0.05) is 12.8 Å². The summed E-state index contributed by atoms with van der Waals surface area (Å²) < 4.78 is 2.08. The number of carboxylic acids is 1. The lowest BCUT2D eigenvalue weighted by molar-refractivity contribution is 0.0697. The first-order valence-electron chi connectivity index (χ1n) is 3.68. The molecule has 1 aromatic rings. The highest BCUT2D eigenvalue weighted by atomic mass is 32.1. The van der Waals surface area contributed by atoms with Crippen molar-refractivity contribution in [3.8, 4) is 0 Å². The van der Waals surface area contributed by atoms with Crippen LogP contribution in [0.5, 0.6) is 0 Å². The van der Waals surface area contributed by atoms with Gasteiger partial charge in [-0.3, -0.25) is 4.72 Å². The lowest BCUT2D eigenvalue weighted by Crippen LogP contribution is -2.20. The number of hydrogen-bond donors (Lipinski definition) is 4. The molecule has 0 atom stereocenters. The van der Waals surface area contributed by atoms with Gasteiger partial charge < -0.3 is 10.4 Å². The molecule has 0 radical (unpaired) electrons. The Morgan fingerprint density at radius 1 is 1.21 bits per heavy atom. The molecule has 0 bridgehead atoms. The van der Waals surface area contributed by atoms with E-state index in [1.165, 1.54) is 24.3 Å². The van der Waals surface area contributed by atoms with Crippen LogP contribution in [-0.4, -0.2) is 17.1 Å². The largest absolute Gasteiger partial charge is 0.478 e. The van der Waals surface area contributed by atoms with E-state index in [-0.39, 0.29) is 5.56 Å². The van der Waals surface area contributed by atoms with E-state index >= 15 is 0 Å². The van der Waals surface area contributed by atoms with Crippen molar-refractivity contribution >= 4 is 30.5 Å². The fourth-order valence-electron chi connectivity index (χ4n) is 0.855. The number of urea groups is 1. The number of hydrogen-bond acceptors (Lipinski definition) is 3. The zero-order valence-corrected chi connectivity index (χ0v) is 7.91. The molecule has 0 saturated heterocycles. The third-order valence-electron chi connectivity index (χ3n) is 1.49. The zero-order chi connectivity index (χ0) is 10.6. The van der Waals surface area contributed by atoms with E-state index in [2.05, 4.69) is 22.9 Å². The molecule has 0 spiro atoms. The first kappa shape index (κ1) is 10.4. The Morgan fingerprint density at radius 2 is 1.79 bits per heavy atom. The minimum absolute atomic E-state index is 0.168. The van der Waals surface area contributed by atoms with Crippen LogP contribution >= 0.6 is 12.8 Å². The van der Waals surface area contributed by atoms with Crippen molar-refractivity contribution in [3.63, 3.8) is 0 Å². The molecule has 74 valence electrons. The summed E-state index contributed by atoms with van der Waals surface area (Å²) >= 11 is 3.54. The topological polar surface area (TPSA) is 78.4 Å². The normalized spacial score (nSPS) is 9.21. The van der Waals surface area contributed by atoms with Crippen molar-refractivity contribution in [3.05, 3.63) is 29.8 Å². The quantitative estimate of drug-likeness (QED) is 0.559. The first-order valence-corrected chi connectivity index (χ1v) is 4.12. The number of carbonyl (C=O) groups excluding carboxylic acids is 1. The van der Waals surface area contributed by atoms with Crippen LogP contribution in [0.15, 0.2) is 24.3 Å². The molecule has 3 N–H and O–H groups in total. The number of benzene rings is 1. The SMILES string of the molecule is O=C(NS)Nc1ccc(C(=O)O)cc1. The average Bonchev–Trinajstić information content (AvgIpc) is 2.18. The summed E-state index contributed by atoms with van der Waals surface area (Å²) in [5.41, 5.74) is 0.670. The van der Waals surface area contributed by atoms with Gasteiger partial charge >= 0.3 is 12.0 Å². The van der Waals surface area contributed by atoms with Crippen LogP contribution in [-0.2, 0) is 0 Å². The van der Waals surface area contributed by atoms with E-state index < -0.39 is 12.0 Å². The van der Waals surface area contributed by atoms with Crippen LogP contribution in [0.4, 0.5) is 10.5 Å². The van der Waals surface area contributed by atoms with Crippen molar-refractivity contribution < 1.29 is 14.7 Å². The highest BCUT2D eigenvalue weighted by molar-refractivity contribution is 7.78. The van der Waals surface area contributed by atoms with Gasteiger partial charge in [-0.2, -0.15) is 0 Å². The number of thiol groups is 1. The Hall–Kier alpha value is -1.69. The summed E-state index contributed by atoms with van der Waals surface area (Å²) in [4.78, 5) is 21.3. The molecule has 0 heterocycles. The molecule has 0 aromatic heterocycles. The molecular formula is C8H8N2O3S. The third kappa shape index (κ3) is 2.67.